The van der Waals surface area contributed by atoms with Crippen LogP contribution < -0.4 is 10.1 Å². The van der Waals surface area contributed by atoms with Gasteiger partial charge in [0, 0.05) is 24.5 Å². The van der Waals surface area contributed by atoms with E-state index in [2.05, 4.69) is 25.6 Å². The second kappa shape index (κ2) is 10.3. The first-order valence-electron chi connectivity index (χ1n) is 10.5. The number of hydrogen-bond donors (Lipinski definition) is 2. The zero-order valence-corrected chi connectivity index (χ0v) is 17.8. The Kier molecular flexibility index (Phi) is 7.03. The Labute approximate surface area is 185 Å². The molecule has 0 radical (unpaired) electrons. The molecule has 2 N–H and O–H groups in total. The Morgan fingerprint density at radius 3 is 2.97 bits per heavy atom. The minimum atomic E-state index is -0.478. The van der Waals surface area contributed by atoms with Gasteiger partial charge in [0.1, 0.15) is 23.2 Å². The topological polar surface area (TPSA) is 124 Å². The number of aryl methyl sites for hydroxylation is 1. The molecule has 3 atom stereocenters. The van der Waals surface area contributed by atoms with Crippen molar-refractivity contribution in [2.45, 2.75) is 44.1 Å². The molecule has 1 fully saturated rings. The van der Waals surface area contributed by atoms with Crippen molar-refractivity contribution < 1.29 is 19.4 Å². The van der Waals surface area contributed by atoms with Crippen LogP contribution in [0.1, 0.15) is 29.8 Å². The van der Waals surface area contributed by atoms with E-state index in [-0.39, 0.29) is 30.4 Å². The lowest BCUT2D eigenvalue weighted by atomic mass is 9.97. The molecule has 0 spiro atoms. The van der Waals surface area contributed by atoms with Gasteiger partial charge in [0.2, 0.25) is 0 Å². The number of benzene rings is 1. The first-order valence-corrected chi connectivity index (χ1v) is 10.5. The maximum atomic E-state index is 12.4. The fourth-order valence-corrected chi connectivity index (χ4v) is 3.83. The zero-order chi connectivity index (χ0) is 22.3. The lowest BCUT2D eigenvalue weighted by Gasteiger charge is -2.36. The van der Waals surface area contributed by atoms with Gasteiger partial charge < -0.3 is 19.9 Å². The van der Waals surface area contributed by atoms with Gasteiger partial charge in [-0.3, -0.25) is 14.5 Å². The highest BCUT2D eigenvalue weighted by Crippen LogP contribution is 2.28. The molecule has 4 rings (SSSR count). The highest BCUT2D eigenvalue weighted by molar-refractivity contribution is 5.92. The summed E-state index contributed by atoms with van der Waals surface area (Å²) in [4.78, 5) is 20.3. The Bertz CT molecular complexity index is 1030. The molecule has 32 heavy (non-hydrogen) atoms. The van der Waals surface area contributed by atoms with E-state index in [9.17, 15) is 9.90 Å². The summed E-state index contributed by atoms with van der Waals surface area (Å²) in [6, 6.07) is 7.39. The number of methoxy groups -OCH3 is 1. The van der Waals surface area contributed by atoms with Crippen molar-refractivity contribution in [2.24, 2.45) is 0 Å². The highest BCUT2D eigenvalue weighted by atomic mass is 16.5. The Morgan fingerprint density at radius 1 is 1.31 bits per heavy atom. The third-order valence-electron chi connectivity index (χ3n) is 5.51. The van der Waals surface area contributed by atoms with Gasteiger partial charge in [-0.15, -0.1) is 5.10 Å². The van der Waals surface area contributed by atoms with E-state index in [1.807, 2.05) is 30.5 Å². The van der Waals surface area contributed by atoms with Gasteiger partial charge in [-0.25, -0.2) is 4.98 Å². The molecule has 0 saturated carbocycles. The molecule has 2 aromatic heterocycles. The molecular weight excluding hydrogens is 412 g/mol. The van der Waals surface area contributed by atoms with Gasteiger partial charge in [0.15, 0.2) is 0 Å². The molecule has 0 aliphatic carbocycles. The predicted octanol–water partition coefficient (Wildman–Crippen LogP) is 1.47. The van der Waals surface area contributed by atoms with Crippen LogP contribution in [-0.4, -0.2) is 67.9 Å². The summed E-state index contributed by atoms with van der Waals surface area (Å²) in [6.07, 6.45) is 7.93. The number of amides is 1. The van der Waals surface area contributed by atoms with E-state index in [1.54, 1.807) is 11.8 Å². The molecule has 1 aliphatic rings. The lowest BCUT2D eigenvalue weighted by Crippen LogP contribution is -2.51. The molecular formula is C22H26N6O4. The van der Waals surface area contributed by atoms with E-state index in [0.717, 1.165) is 29.8 Å². The van der Waals surface area contributed by atoms with E-state index in [4.69, 9.17) is 9.47 Å². The van der Waals surface area contributed by atoms with Crippen molar-refractivity contribution in [3.63, 3.8) is 0 Å². The number of para-hydroxylation sites is 1. The Morgan fingerprint density at radius 2 is 2.19 bits per heavy atom. The van der Waals surface area contributed by atoms with Crippen LogP contribution >= 0.6 is 0 Å². The summed E-state index contributed by atoms with van der Waals surface area (Å²) in [5.74, 6) is 0.422. The second-order valence-corrected chi connectivity index (χ2v) is 7.58. The van der Waals surface area contributed by atoms with Crippen LogP contribution in [0.3, 0.4) is 0 Å². The van der Waals surface area contributed by atoms with Crippen LogP contribution in [0.25, 0.3) is 11.3 Å². The monoisotopic (exact) mass is 438 g/mol. The average Bonchev–Trinajstić information content (AvgIpc) is 3.32. The summed E-state index contributed by atoms with van der Waals surface area (Å²) in [7, 11) is 1.63. The van der Waals surface area contributed by atoms with Crippen molar-refractivity contribution in [2.75, 3.05) is 13.7 Å². The minimum Gasteiger partial charge on any atom is -0.496 e. The van der Waals surface area contributed by atoms with Crippen molar-refractivity contribution >= 4 is 5.91 Å². The quantitative estimate of drug-likeness (QED) is 0.542. The van der Waals surface area contributed by atoms with Crippen molar-refractivity contribution in [3.05, 3.63) is 54.7 Å². The number of carbonyl (C=O) groups is 1. The minimum absolute atomic E-state index is 0.0456. The van der Waals surface area contributed by atoms with Crippen LogP contribution in [0.4, 0.5) is 0 Å². The molecule has 1 aromatic carbocycles. The molecule has 3 heterocycles. The van der Waals surface area contributed by atoms with E-state index >= 15 is 0 Å². The third-order valence-corrected chi connectivity index (χ3v) is 5.51. The number of ether oxygens (including phenoxy) is 2. The number of nitrogens with one attached hydrogen (secondary N) is 1. The first-order chi connectivity index (χ1) is 15.7. The van der Waals surface area contributed by atoms with Gasteiger partial charge in [-0.2, -0.15) is 0 Å². The largest absolute Gasteiger partial charge is 0.496 e. The molecule has 1 amide bonds. The van der Waals surface area contributed by atoms with E-state index in [0.29, 0.717) is 13.0 Å². The third kappa shape index (κ3) is 5.09. The number of aliphatic hydroxyl groups is 1. The number of rotatable bonds is 8. The van der Waals surface area contributed by atoms with Gasteiger partial charge >= 0.3 is 0 Å². The lowest BCUT2D eigenvalue weighted by molar-refractivity contribution is -0.0912. The molecule has 0 bridgehead atoms. The second-order valence-electron chi connectivity index (χ2n) is 7.58. The highest BCUT2D eigenvalue weighted by Gasteiger charge is 2.32. The zero-order valence-electron chi connectivity index (χ0n) is 17.8. The number of aliphatic hydroxyl groups excluding tert-OH is 1. The molecule has 3 aromatic rings. The number of hydrogen-bond acceptors (Lipinski definition) is 8. The van der Waals surface area contributed by atoms with Crippen LogP contribution in [0.15, 0.2) is 49.1 Å². The fraction of sp³-hybridized carbons (Fsp3) is 0.409. The molecule has 1 saturated heterocycles. The summed E-state index contributed by atoms with van der Waals surface area (Å²) in [5, 5.41) is 21.2. The SMILES string of the molecule is COc1ccccc1-c1cn(CC[C@@H]2CC[C@H](NC(=O)c3cnccn3)[C@H](CO)O2)nn1. The van der Waals surface area contributed by atoms with Crippen LogP contribution in [-0.2, 0) is 11.3 Å². The molecule has 10 heteroatoms. The number of aromatic nitrogens is 5. The summed E-state index contributed by atoms with van der Waals surface area (Å²) in [6.45, 7) is 0.449. The fourth-order valence-electron chi connectivity index (χ4n) is 3.83. The number of carbonyl (C=O) groups excluding carboxylic acids is 1. The maximum Gasteiger partial charge on any atom is 0.271 e. The number of nitrogens with zero attached hydrogens (tertiary/aromatic N) is 5. The molecule has 168 valence electrons. The first kappa shape index (κ1) is 21.8. The van der Waals surface area contributed by atoms with E-state index in [1.165, 1.54) is 18.6 Å². The normalized spacial score (nSPS) is 20.6. The van der Waals surface area contributed by atoms with Gasteiger partial charge in [0.25, 0.3) is 5.91 Å². The van der Waals surface area contributed by atoms with Gasteiger partial charge in [-0.05, 0) is 31.4 Å². The Hall–Kier alpha value is -3.37. The summed E-state index contributed by atoms with van der Waals surface area (Å²) in [5.41, 5.74) is 1.87. The van der Waals surface area contributed by atoms with Crippen LogP contribution in [0.5, 0.6) is 5.75 Å². The smallest absolute Gasteiger partial charge is 0.271 e. The summed E-state index contributed by atoms with van der Waals surface area (Å²) >= 11 is 0. The van der Waals surface area contributed by atoms with E-state index < -0.39 is 6.10 Å². The molecule has 10 nitrogen and oxygen atoms in total. The summed E-state index contributed by atoms with van der Waals surface area (Å²) < 4.78 is 13.2. The predicted molar refractivity (Wildman–Crippen MR) is 115 cm³/mol. The molecule has 1 aliphatic heterocycles. The van der Waals surface area contributed by atoms with Crippen molar-refractivity contribution in [1.29, 1.82) is 0 Å². The molecule has 0 unspecified atom stereocenters. The van der Waals surface area contributed by atoms with Crippen molar-refractivity contribution in [1.82, 2.24) is 30.3 Å². The standard InChI is InChI=1S/C22H26N6O4/c1-31-20-5-3-2-4-16(20)19-13-28(27-26-19)11-8-15-6-7-17(21(14-29)32-15)25-22(30)18-12-23-9-10-24-18/h2-5,9-10,12-13,15,17,21,29H,6-8,11,14H2,1H3,(H,25,30)/t15-,17-,21-/m0/s1. The maximum absolute atomic E-state index is 12.4. The Balaban J connectivity index is 1.31. The van der Waals surface area contributed by atoms with Crippen LogP contribution in [0, 0.1) is 0 Å². The van der Waals surface area contributed by atoms with Crippen molar-refractivity contribution in [3.8, 4) is 17.0 Å². The van der Waals surface area contributed by atoms with Crippen LogP contribution in [0.2, 0.25) is 0 Å². The van der Waals surface area contributed by atoms with Gasteiger partial charge in [0.05, 0.1) is 38.3 Å². The van der Waals surface area contributed by atoms with Gasteiger partial charge in [-0.1, -0.05) is 17.3 Å². The average molecular weight is 438 g/mol.